The summed E-state index contributed by atoms with van der Waals surface area (Å²) in [5.41, 5.74) is 0. The summed E-state index contributed by atoms with van der Waals surface area (Å²) in [6, 6.07) is 0.437. The molecule has 1 rings (SSSR count). The third kappa shape index (κ3) is 2.97. The van der Waals surface area contributed by atoms with Gasteiger partial charge in [-0.05, 0) is 6.54 Å². The van der Waals surface area contributed by atoms with E-state index in [1.165, 1.54) is 0 Å². The molecule has 0 spiro atoms. The molecule has 1 heterocycles. The highest BCUT2D eigenvalue weighted by Gasteiger charge is 2.08. The fraction of sp³-hybridized carbons (Fsp3) is 0.750. The summed E-state index contributed by atoms with van der Waals surface area (Å²) in [6.45, 7) is 4.01. The Kier molecular flexibility index (Phi) is 4.34. The maximum atomic E-state index is 8.70. The van der Waals surface area contributed by atoms with E-state index in [4.69, 9.17) is 9.52 Å². The molecule has 6 heteroatoms. The van der Waals surface area contributed by atoms with Gasteiger partial charge in [0.1, 0.15) is 0 Å². The average molecular weight is 200 g/mol. The zero-order valence-corrected chi connectivity index (χ0v) is 8.53. The molecule has 0 aliphatic rings. The summed E-state index contributed by atoms with van der Waals surface area (Å²) in [5, 5.41) is 19.5. The lowest BCUT2D eigenvalue weighted by molar-refractivity contribution is 0.301. The summed E-state index contributed by atoms with van der Waals surface area (Å²) < 4.78 is 5.33. The van der Waals surface area contributed by atoms with Crippen molar-refractivity contribution in [2.24, 2.45) is 0 Å². The molecule has 1 aromatic heterocycles. The number of hydrogen-bond acceptors (Lipinski definition) is 6. The van der Waals surface area contributed by atoms with Gasteiger partial charge in [-0.25, -0.2) is 0 Å². The first-order valence-corrected chi connectivity index (χ1v) is 4.63. The summed E-state index contributed by atoms with van der Waals surface area (Å²) in [6.07, 6.45) is 0. The number of likely N-dealkylation sites (N-methyl/N-ethyl adjacent to an activating group) is 1. The third-order valence-electron chi connectivity index (χ3n) is 1.74. The van der Waals surface area contributed by atoms with Gasteiger partial charge in [-0.1, -0.05) is 12.0 Å². The van der Waals surface area contributed by atoms with Crippen LogP contribution in [0.25, 0.3) is 0 Å². The van der Waals surface area contributed by atoms with Crippen LogP contribution in [0.1, 0.15) is 12.8 Å². The highest BCUT2D eigenvalue weighted by atomic mass is 16.4. The minimum atomic E-state index is 0.0709. The van der Waals surface area contributed by atoms with Gasteiger partial charge in [-0.3, -0.25) is 0 Å². The molecule has 1 aromatic rings. The van der Waals surface area contributed by atoms with Crippen LogP contribution in [0.3, 0.4) is 0 Å². The van der Waals surface area contributed by atoms with E-state index in [0.717, 1.165) is 6.54 Å². The molecule has 0 unspecified atom stereocenters. The van der Waals surface area contributed by atoms with Crippen LogP contribution in [0.15, 0.2) is 4.42 Å². The van der Waals surface area contributed by atoms with Crippen LogP contribution in [0.5, 0.6) is 0 Å². The molecule has 0 saturated carbocycles. The van der Waals surface area contributed by atoms with Crippen LogP contribution < -0.4 is 10.2 Å². The Morgan fingerprint density at radius 3 is 2.93 bits per heavy atom. The van der Waals surface area contributed by atoms with Crippen molar-refractivity contribution in [1.29, 1.82) is 0 Å². The predicted molar refractivity (Wildman–Crippen MR) is 52.0 cm³/mol. The number of aromatic nitrogens is 2. The van der Waals surface area contributed by atoms with Crippen LogP contribution in [0.4, 0.5) is 6.01 Å². The molecular formula is C8H16N4O2. The largest absolute Gasteiger partial charge is 0.407 e. The number of nitrogens with zero attached hydrogens (tertiary/aromatic N) is 3. The second-order valence-electron chi connectivity index (χ2n) is 2.90. The molecule has 6 nitrogen and oxygen atoms in total. The van der Waals surface area contributed by atoms with Crippen molar-refractivity contribution in [2.75, 3.05) is 31.6 Å². The quantitative estimate of drug-likeness (QED) is 0.651. The minimum absolute atomic E-state index is 0.0709. The van der Waals surface area contributed by atoms with Crippen molar-refractivity contribution in [1.82, 2.24) is 15.5 Å². The van der Waals surface area contributed by atoms with Crippen LogP contribution in [-0.2, 0) is 6.54 Å². The summed E-state index contributed by atoms with van der Waals surface area (Å²) in [4.78, 5) is 1.71. The van der Waals surface area contributed by atoms with Crippen molar-refractivity contribution in [3.05, 3.63) is 5.89 Å². The second-order valence-corrected chi connectivity index (χ2v) is 2.90. The summed E-state index contributed by atoms with van der Waals surface area (Å²) in [7, 11) is 1.79. The van der Waals surface area contributed by atoms with Gasteiger partial charge in [-0.2, -0.15) is 0 Å². The maximum Gasteiger partial charge on any atom is 0.318 e. The van der Waals surface area contributed by atoms with Gasteiger partial charge in [0, 0.05) is 13.6 Å². The van der Waals surface area contributed by atoms with E-state index in [1.54, 1.807) is 11.9 Å². The monoisotopic (exact) mass is 200 g/mol. The molecule has 14 heavy (non-hydrogen) atoms. The van der Waals surface area contributed by atoms with Crippen molar-refractivity contribution in [2.45, 2.75) is 13.5 Å². The van der Waals surface area contributed by atoms with Crippen LogP contribution in [-0.4, -0.2) is 42.0 Å². The fourth-order valence-electron chi connectivity index (χ4n) is 0.948. The minimum Gasteiger partial charge on any atom is -0.407 e. The van der Waals surface area contributed by atoms with E-state index in [0.29, 0.717) is 25.0 Å². The smallest absolute Gasteiger partial charge is 0.318 e. The van der Waals surface area contributed by atoms with E-state index in [9.17, 15) is 0 Å². The zero-order valence-electron chi connectivity index (χ0n) is 8.53. The van der Waals surface area contributed by atoms with Crippen molar-refractivity contribution in [3.8, 4) is 0 Å². The number of anilines is 1. The van der Waals surface area contributed by atoms with Gasteiger partial charge in [0.25, 0.3) is 0 Å². The Balaban J connectivity index is 2.49. The lowest BCUT2D eigenvalue weighted by Gasteiger charge is -2.10. The molecule has 0 radical (unpaired) electrons. The Morgan fingerprint density at radius 1 is 1.50 bits per heavy atom. The molecule has 0 aliphatic carbocycles. The van der Waals surface area contributed by atoms with E-state index >= 15 is 0 Å². The number of hydrogen-bond donors (Lipinski definition) is 2. The topological polar surface area (TPSA) is 74.4 Å². The molecule has 0 aliphatic heterocycles. The number of nitrogens with one attached hydrogen (secondary N) is 1. The van der Waals surface area contributed by atoms with Crippen molar-refractivity contribution in [3.63, 3.8) is 0 Å². The van der Waals surface area contributed by atoms with Gasteiger partial charge in [0.2, 0.25) is 5.89 Å². The van der Waals surface area contributed by atoms with E-state index in [1.807, 2.05) is 6.92 Å². The number of rotatable bonds is 6. The first-order chi connectivity index (χ1) is 6.77. The lowest BCUT2D eigenvalue weighted by Crippen LogP contribution is -2.21. The van der Waals surface area contributed by atoms with Crippen LogP contribution in [0.2, 0.25) is 0 Å². The normalized spacial score (nSPS) is 10.5. The van der Waals surface area contributed by atoms with E-state index in [-0.39, 0.29) is 6.61 Å². The SMILES string of the molecule is CCNCc1nnc(N(C)CCO)o1. The second kappa shape index (κ2) is 5.56. The first kappa shape index (κ1) is 10.9. The highest BCUT2D eigenvalue weighted by molar-refractivity contribution is 5.21. The molecule has 0 fully saturated rings. The number of aliphatic hydroxyl groups excluding tert-OH is 1. The molecule has 2 N–H and O–H groups in total. The van der Waals surface area contributed by atoms with Gasteiger partial charge < -0.3 is 19.7 Å². The Morgan fingerprint density at radius 2 is 2.29 bits per heavy atom. The Labute approximate surface area is 82.9 Å². The van der Waals surface area contributed by atoms with Gasteiger partial charge in [0.05, 0.1) is 13.2 Å². The molecular weight excluding hydrogens is 184 g/mol. The lowest BCUT2D eigenvalue weighted by atomic mass is 10.6. The maximum absolute atomic E-state index is 8.70. The van der Waals surface area contributed by atoms with Gasteiger partial charge in [-0.15, -0.1) is 5.10 Å². The van der Waals surface area contributed by atoms with E-state index in [2.05, 4.69) is 15.5 Å². The Bertz CT molecular complexity index is 264. The molecule has 0 atom stereocenters. The summed E-state index contributed by atoms with van der Waals surface area (Å²) >= 11 is 0. The zero-order chi connectivity index (χ0) is 10.4. The number of aliphatic hydroxyl groups is 1. The molecule has 0 amide bonds. The molecule has 0 aromatic carbocycles. The van der Waals surface area contributed by atoms with Crippen molar-refractivity contribution >= 4 is 6.01 Å². The fourth-order valence-corrected chi connectivity index (χ4v) is 0.948. The average Bonchev–Trinajstić information content (AvgIpc) is 2.63. The van der Waals surface area contributed by atoms with Gasteiger partial charge >= 0.3 is 6.01 Å². The predicted octanol–water partition coefficient (Wildman–Crippen LogP) is -0.392. The molecule has 80 valence electrons. The third-order valence-corrected chi connectivity index (χ3v) is 1.74. The molecule has 0 saturated heterocycles. The Hall–Kier alpha value is -1.14. The first-order valence-electron chi connectivity index (χ1n) is 4.63. The highest BCUT2D eigenvalue weighted by Crippen LogP contribution is 2.09. The van der Waals surface area contributed by atoms with Crippen molar-refractivity contribution < 1.29 is 9.52 Å². The van der Waals surface area contributed by atoms with Crippen LogP contribution >= 0.6 is 0 Å². The van der Waals surface area contributed by atoms with Crippen LogP contribution in [0, 0.1) is 0 Å². The molecule has 0 bridgehead atoms. The van der Waals surface area contributed by atoms with Gasteiger partial charge in [0.15, 0.2) is 0 Å². The standard InChI is InChI=1S/C8H16N4O2/c1-3-9-6-7-10-11-8(14-7)12(2)4-5-13/h9,13H,3-6H2,1-2H3. The summed E-state index contributed by atoms with van der Waals surface area (Å²) in [5.74, 6) is 0.562. The van der Waals surface area contributed by atoms with E-state index < -0.39 is 0 Å².